The highest BCUT2D eigenvalue weighted by Gasteiger charge is 2.59. The summed E-state index contributed by atoms with van der Waals surface area (Å²) < 4.78 is 38.2. The predicted octanol–water partition coefficient (Wildman–Crippen LogP) is 4.94. The van der Waals surface area contributed by atoms with Crippen molar-refractivity contribution >= 4 is 16.2 Å². The van der Waals surface area contributed by atoms with Crippen LogP contribution < -0.4 is 0 Å². The molecular formula is C27H41O6S-. The lowest BCUT2D eigenvalue weighted by atomic mass is 9.47. The molecule has 7 heteroatoms. The van der Waals surface area contributed by atoms with Crippen LogP contribution in [0.15, 0.2) is 23.3 Å². The Kier molecular flexibility index (Phi) is 7.00. The van der Waals surface area contributed by atoms with Gasteiger partial charge in [0, 0.05) is 6.42 Å². The van der Waals surface area contributed by atoms with E-state index in [9.17, 15) is 22.9 Å². The maximum absolute atomic E-state index is 12.5. The Bertz CT molecular complexity index is 979. The van der Waals surface area contributed by atoms with Crippen molar-refractivity contribution < 1.29 is 27.1 Å². The summed E-state index contributed by atoms with van der Waals surface area (Å²) in [7, 11) is -4.75. The molecule has 6 nitrogen and oxygen atoms in total. The lowest BCUT2D eigenvalue weighted by Crippen LogP contribution is -2.54. The zero-order valence-corrected chi connectivity index (χ0v) is 22.1. The minimum Gasteiger partial charge on any atom is -0.726 e. The first-order valence-electron chi connectivity index (χ1n) is 12.9. The van der Waals surface area contributed by atoms with Gasteiger partial charge in [0.15, 0.2) is 5.78 Å². The Morgan fingerprint density at radius 1 is 1.24 bits per heavy atom. The summed E-state index contributed by atoms with van der Waals surface area (Å²) in [6, 6.07) is 0. The summed E-state index contributed by atoms with van der Waals surface area (Å²) in [5.41, 5.74) is 2.41. The molecule has 3 saturated carbocycles. The molecule has 0 aromatic rings. The second kappa shape index (κ2) is 9.13. The molecule has 1 N–H and O–H groups in total. The molecule has 4 rings (SSSR count). The largest absolute Gasteiger partial charge is 0.726 e. The second-order valence-corrected chi connectivity index (χ2v) is 13.4. The minimum absolute atomic E-state index is 0.0994. The van der Waals surface area contributed by atoms with Gasteiger partial charge < -0.3 is 9.66 Å². The van der Waals surface area contributed by atoms with Crippen LogP contribution >= 0.6 is 0 Å². The predicted molar refractivity (Wildman–Crippen MR) is 129 cm³/mol. The van der Waals surface area contributed by atoms with E-state index in [0.717, 1.165) is 31.3 Å². The fourth-order valence-electron chi connectivity index (χ4n) is 8.60. The summed E-state index contributed by atoms with van der Waals surface area (Å²) >= 11 is 0. The second-order valence-electron chi connectivity index (χ2n) is 12.4. The number of aliphatic hydroxyl groups excluding tert-OH is 1. The van der Waals surface area contributed by atoms with Crippen molar-refractivity contribution in [2.45, 2.75) is 98.2 Å². The van der Waals surface area contributed by atoms with Gasteiger partial charge in [0.1, 0.15) is 0 Å². The van der Waals surface area contributed by atoms with Crippen molar-refractivity contribution in [2.24, 2.45) is 40.4 Å². The van der Waals surface area contributed by atoms with Crippen molar-refractivity contribution in [1.82, 2.24) is 0 Å². The van der Waals surface area contributed by atoms with E-state index in [-0.39, 0.29) is 22.5 Å². The number of fused-ring (bicyclic) bond motifs is 5. The Balaban J connectivity index is 1.55. The van der Waals surface area contributed by atoms with Crippen LogP contribution in [0, 0.1) is 40.4 Å². The molecule has 0 amide bonds. The highest BCUT2D eigenvalue weighted by molar-refractivity contribution is 7.80. The molecule has 34 heavy (non-hydrogen) atoms. The van der Waals surface area contributed by atoms with Crippen LogP contribution in [0.2, 0.25) is 0 Å². The number of allylic oxidation sites excluding steroid dienone is 4. The van der Waals surface area contributed by atoms with Crippen molar-refractivity contribution in [3.8, 4) is 0 Å². The van der Waals surface area contributed by atoms with Gasteiger partial charge in [0.2, 0.25) is 10.4 Å². The molecule has 0 heterocycles. The SMILES string of the molecule is CC(C)=CC(=O)C[C@@H](C)[C@H]1CC[C@H]2[C@@H]3C[C@H](O)[C@H]4C[C@@H](OS(=O)(=O)[O-])CC[C@]4(C)C3=CC[C@]12C. The zero-order valence-electron chi connectivity index (χ0n) is 21.2. The fourth-order valence-corrected chi connectivity index (χ4v) is 9.11. The highest BCUT2D eigenvalue weighted by atomic mass is 32.3. The van der Waals surface area contributed by atoms with E-state index in [4.69, 9.17) is 4.18 Å². The van der Waals surface area contributed by atoms with Gasteiger partial charge in [-0.2, -0.15) is 0 Å². The number of carbonyl (C=O) groups excluding carboxylic acids is 1. The van der Waals surface area contributed by atoms with Crippen LogP contribution in [0.5, 0.6) is 0 Å². The Morgan fingerprint density at radius 3 is 2.59 bits per heavy atom. The van der Waals surface area contributed by atoms with E-state index in [1.807, 2.05) is 13.8 Å². The molecule has 4 aliphatic rings. The fraction of sp³-hybridized carbons (Fsp3) is 0.815. The number of hydrogen-bond donors (Lipinski definition) is 1. The quantitative estimate of drug-likeness (QED) is 0.243. The van der Waals surface area contributed by atoms with Crippen molar-refractivity contribution in [1.29, 1.82) is 0 Å². The van der Waals surface area contributed by atoms with E-state index in [2.05, 4.69) is 26.8 Å². The third-order valence-corrected chi connectivity index (χ3v) is 10.5. The first-order chi connectivity index (χ1) is 15.7. The monoisotopic (exact) mass is 493 g/mol. The molecule has 9 atom stereocenters. The van der Waals surface area contributed by atoms with Crippen molar-refractivity contribution in [2.75, 3.05) is 0 Å². The van der Waals surface area contributed by atoms with Crippen molar-refractivity contribution in [3.63, 3.8) is 0 Å². The number of aliphatic hydroxyl groups is 1. The van der Waals surface area contributed by atoms with Gasteiger partial charge >= 0.3 is 0 Å². The summed E-state index contributed by atoms with van der Waals surface area (Å²) in [5, 5.41) is 11.2. The van der Waals surface area contributed by atoms with Gasteiger partial charge in [0.05, 0.1) is 12.2 Å². The molecule has 192 valence electrons. The normalized spacial score (nSPS) is 42.6. The molecule has 4 aliphatic carbocycles. The Labute approximate surface area is 205 Å². The molecule has 0 spiro atoms. The summed E-state index contributed by atoms with van der Waals surface area (Å²) in [4.78, 5) is 12.5. The van der Waals surface area contributed by atoms with E-state index in [1.54, 1.807) is 6.08 Å². The molecule has 3 fully saturated rings. The molecular weight excluding hydrogens is 452 g/mol. The van der Waals surface area contributed by atoms with Gasteiger partial charge in [-0.15, -0.1) is 0 Å². The Hall–Kier alpha value is -1.02. The molecule has 0 aromatic heterocycles. The number of rotatable bonds is 6. The number of ketones is 1. The first-order valence-corrected chi connectivity index (χ1v) is 14.3. The topological polar surface area (TPSA) is 104 Å². The summed E-state index contributed by atoms with van der Waals surface area (Å²) in [5.74, 6) is 1.74. The number of carbonyl (C=O) groups is 1. The molecule has 0 radical (unpaired) electrons. The highest BCUT2D eigenvalue weighted by Crippen LogP contribution is 2.66. The molecule has 0 bridgehead atoms. The first kappa shape index (κ1) is 26.1. The standard InChI is InChI=1S/C27H42O6S/c1-16(2)12-18(28)13-17(3)21-6-7-22-20-15-25(29)24-14-19(33-34(30,31)32)8-10-27(24,5)23(20)9-11-26(21,22)4/h9,12,17,19-22,24-25,29H,6-8,10-11,13-15H2,1-5H3,(H,30,31,32)/p-1/t17-,19+,20+,21-,22+,24-,25+,26-,27-/m1/s1. The number of hydrogen-bond acceptors (Lipinski definition) is 6. The average molecular weight is 494 g/mol. The lowest BCUT2D eigenvalue weighted by molar-refractivity contribution is -0.116. The summed E-state index contributed by atoms with van der Waals surface area (Å²) in [6.07, 6.45) is 9.15. The minimum atomic E-state index is -4.75. The van der Waals surface area contributed by atoms with Gasteiger partial charge in [0.25, 0.3) is 0 Å². The van der Waals surface area contributed by atoms with E-state index in [1.165, 1.54) is 5.57 Å². The third-order valence-electron chi connectivity index (χ3n) is 9.98. The maximum atomic E-state index is 12.5. The van der Waals surface area contributed by atoms with Gasteiger partial charge in [-0.1, -0.05) is 38.0 Å². The van der Waals surface area contributed by atoms with Crippen molar-refractivity contribution in [3.05, 3.63) is 23.3 Å². The smallest absolute Gasteiger partial charge is 0.217 e. The van der Waals surface area contributed by atoms with Crippen LogP contribution in [0.1, 0.15) is 86.0 Å². The lowest BCUT2D eigenvalue weighted by Gasteiger charge is -2.58. The van der Waals surface area contributed by atoms with Crippen LogP contribution in [0.4, 0.5) is 0 Å². The summed E-state index contributed by atoms with van der Waals surface area (Å²) in [6.45, 7) is 10.8. The average Bonchev–Trinajstić information content (AvgIpc) is 3.05. The van der Waals surface area contributed by atoms with E-state index >= 15 is 0 Å². The zero-order chi connectivity index (χ0) is 25.1. The van der Waals surface area contributed by atoms with E-state index < -0.39 is 22.6 Å². The van der Waals surface area contributed by atoms with Gasteiger partial charge in [-0.3, -0.25) is 8.98 Å². The van der Waals surface area contributed by atoms with Crippen LogP contribution in [0.25, 0.3) is 0 Å². The van der Waals surface area contributed by atoms with E-state index in [0.29, 0.717) is 49.4 Å². The Morgan fingerprint density at radius 2 is 1.94 bits per heavy atom. The molecule has 0 aromatic carbocycles. The van der Waals surface area contributed by atoms with Crippen LogP contribution in [0.3, 0.4) is 0 Å². The molecule has 0 saturated heterocycles. The molecule has 0 unspecified atom stereocenters. The van der Waals surface area contributed by atoms with Gasteiger partial charge in [-0.25, -0.2) is 8.42 Å². The third kappa shape index (κ3) is 4.70. The van der Waals surface area contributed by atoms with Crippen LogP contribution in [-0.4, -0.2) is 36.1 Å². The maximum Gasteiger partial charge on any atom is 0.217 e. The van der Waals surface area contributed by atoms with Gasteiger partial charge in [-0.05, 0) is 105 Å². The molecule has 0 aliphatic heterocycles. The van der Waals surface area contributed by atoms with Crippen LogP contribution in [-0.2, 0) is 19.4 Å².